The Morgan fingerprint density at radius 3 is 2.57 bits per heavy atom. The number of benzene rings is 2. The van der Waals surface area contributed by atoms with Gasteiger partial charge in [-0.3, -0.25) is 14.2 Å². The van der Waals surface area contributed by atoms with Gasteiger partial charge in [-0.25, -0.2) is 4.79 Å². The molecule has 1 aliphatic rings. The van der Waals surface area contributed by atoms with E-state index in [1.807, 2.05) is 0 Å². The van der Waals surface area contributed by atoms with E-state index in [2.05, 4.69) is 10.4 Å². The van der Waals surface area contributed by atoms with E-state index < -0.39 is 22.9 Å². The predicted molar refractivity (Wildman–Crippen MR) is 101 cm³/mol. The van der Waals surface area contributed by atoms with Crippen LogP contribution in [-0.4, -0.2) is 27.0 Å². The third-order valence-electron chi connectivity index (χ3n) is 4.09. The van der Waals surface area contributed by atoms with Crippen molar-refractivity contribution in [1.82, 2.24) is 14.3 Å². The van der Waals surface area contributed by atoms with Crippen molar-refractivity contribution in [2.24, 2.45) is 7.05 Å². The molecule has 0 saturated carbocycles. The molecular weight excluding hydrogens is 388 g/mol. The molecule has 1 aliphatic heterocycles. The predicted octanol–water partition coefficient (Wildman–Crippen LogP) is 1.57. The first-order valence-electron chi connectivity index (χ1n) is 8.11. The molecule has 28 heavy (non-hydrogen) atoms. The van der Waals surface area contributed by atoms with Crippen LogP contribution in [0.4, 0.5) is 5.69 Å². The average Bonchev–Trinajstić information content (AvgIpc) is 3.15. The first-order valence-corrected chi connectivity index (χ1v) is 8.49. The summed E-state index contributed by atoms with van der Waals surface area (Å²) in [7, 11) is 1.27. The Morgan fingerprint density at radius 2 is 1.82 bits per heavy atom. The molecule has 4 rings (SSSR count). The van der Waals surface area contributed by atoms with Crippen molar-refractivity contribution in [1.29, 1.82) is 0 Å². The SMILES string of the molecule is Cn1c(=O)c(C(=O)Nc2ccc3c(c2)OCO3)nn(-c2ccc(Cl)cc2)c1=O. The summed E-state index contributed by atoms with van der Waals surface area (Å²) in [4.78, 5) is 37.5. The zero-order chi connectivity index (χ0) is 19.8. The zero-order valence-electron chi connectivity index (χ0n) is 14.5. The van der Waals surface area contributed by atoms with Gasteiger partial charge in [0.2, 0.25) is 12.5 Å². The number of fused-ring (bicyclic) bond motifs is 1. The number of hydrogen-bond acceptors (Lipinski definition) is 6. The summed E-state index contributed by atoms with van der Waals surface area (Å²) in [6.07, 6.45) is 0. The van der Waals surface area contributed by atoms with Gasteiger partial charge in [0, 0.05) is 23.8 Å². The highest BCUT2D eigenvalue weighted by atomic mass is 35.5. The van der Waals surface area contributed by atoms with Crippen LogP contribution in [0.25, 0.3) is 5.69 Å². The molecular formula is C18H13ClN4O5. The molecule has 3 aromatic rings. The Balaban J connectivity index is 1.72. The number of ether oxygens (including phenoxy) is 2. The van der Waals surface area contributed by atoms with Crippen LogP contribution in [0.3, 0.4) is 0 Å². The van der Waals surface area contributed by atoms with Gasteiger partial charge in [0.05, 0.1) is 5.69 Å². The third kappa shape index (κ3) is 3.12. The third-order valence-corrected chi connectivity index (χ3v) is 4.34. The van der Waals surface area contributed by atoms with Gasteiger partial charge in [-0.1, -0.05) is 11.6 Å². The quantitative estimate of drug-likeness (QED) is 0.715. The maximum Gasteiger partial charge on any atom is 0.351 e. The van der Waals surface area contributed by atoms with Crippen molar-refractivity contribution in [3.8, 4) is 17.2 Å². The van der Waals surface area contributed by atoms with Crippen molar-refractivity contribution in [3.05, 3.63) is 74.0 Å². The Kier molecular flexibility index (Phi) is 4.36. The number of rotatable bonds is 3. The lowest BCUT2D eigenvalue weighted by molar-refractivity contribution is 0.101. The molecule has 0 fully saturated rings. The van der Waals surface area contributed by atoms with Gasteiger partial charge in [0.1, 0.15) is 0 Å². The molecule has 1 amide bonds. The zero-order valence-corrected chi connectivity index (χ0v) is 15.3. The number of halogens is 1. The fourth-order valence-electron chi connectivity index (χ4n) is 2.63. The highest BCUT2D eigenvalue weighted by Gasteiger charge is 2.20. The van der Waals surface area contributed by atoms with E-state index in [0.717, 1.165) is 9.25 Å². The molecule has 0 aliphatic carbocycles. The number of nitrogens with one attached hydrogen (secondary N) is 1. The smallest absolute Gasteiger partial charge is 0.351 e. The van der Waals surface area contributed by atoms with Crippen molar-refractivity contribution in [2.45, 2.75) is 0 Å². The minimum atomic E-state index is -0.812. The van der Waals surface area contributed by atoms with Crippen LogP contribution in [-0.2, 0) is 7.05 Å². The van der Waals surface area contributed by atoms with Gasteiger partial charge in [0.15, 0.2) is 11.5 Å². The molecule has 0 atom stereocenters. The lowest BCUT2D eigenvalue weighted by atomic mass is 10.2. The summed E-state index contributed by atoms with van der Waals surface area (Å²) in [6, 6.07) is 11.1. The Morgan fingerprint density at radius 1 is 1.11 bits per heavy atom. The highest BCUT2D eigenvalue weighted by Crippen LogP contribution is 2.34. The van der Waals surface area contributed by atoms with Crippen molar-refractivity contribution < 1.29 is 14.3 Å². The fourth-order valence-corrected chi connectivity index (χ4v) is 2.76. The number of nitrogens with zero attached hydrogens (tertiary/aromatic N) is 3. The number of aromatic nitrogens is 3. The lowest BCUT2D eigenvalue weighted by Gasteiger charge is -2.10. The summed E-state index contributed by atoms with van der Waals surface area (Å²) in [5.41, 5.74) is -1.18. The fraction of sp³-hybridized carbons (Fsp3) is 0.111. The normalized spacial score (nSPS) is 12.1. The van der Waals surface area contributed by atoms with E-state index in [1.165, 1.54) is 7.05 Å². The van der Waals surface area contributed by atoms with E-state index >= 15 is 0 Å². The lowest BCUT2D eigenvalue weighted by Crippen LogP contribution is -2.43. The van der Waals surface area contributed by atoms with Crippen LogP contribution in [0.1, 0.15) is 10.5 Å². The molecule has 1 N–H and O–H groups in total. The van der Waals surface area contributed by atoms with Crippen LogP contribution >= 0.6 is 11.6 Å². The second kappa shape index (κ2) is 6.86. The molecule has 10 heteroatoms. The summed E-state index contributed by atoms with van der Waals surface area (Å²) in [5.74, 6) is 0.273. The first-order chi connectivity index (χ1) is 13.4. The number of carbonyl (C=O) groups is 1. The summed E-state index contributed by atoms with van der Waals surface area (Å²) < 4.78 is 12.3. The number of carbonyl (C=O) groups excluding carboxylic acids is 1. The van der Waals surface area contributed by atoms with Crippen LogP contribution in [0.15, 0.2) is 52.1 Å². The van der Waals surface area contributed by atoms with Crippen molar-refractivity contribution in [2.75, 3.05) is 12.1 Å². The van der Waals surface area contributed by atoms with Crippen LogP contribution in [0, 0.1) is 0 Å². The molecule has 2 aromatic carbocycles. The molecule has 0 saturated heterocycles. The van der Waals surface area contributed by atoms with Crippen molar-refractivity contribution >= 4 is 23.2 Å². The van der Waals surface area contributed by atoms with Gasteiger partial charge >= 0.3 is 5.69 Å². The monoisotopic (exact) mass is 400 g/mol. The van der Waals surface area contributed by atoms with Gasteiger partial charge in [-0.05, 0) is 36.4 Å². The number of amides is 1. The maximum absolute atomic E-state index is 12.6. The summed E-state index contributed by atoms with van der Waals surface area (Å²) in [6.45, 7) is 0.0981. The molecule has 0 unspecified atom stereocenters. The Labute approximate surface area is 162 Å². The molecule has 9 nitrogen and oxygen atoms in total. The molecule has 0 bridgehead atoms. The first kappa shape index (κ1) is 17.8. The van der Waals surface area contributed by atoms with Crippen LogP contribution in [0.2, 0.25) is 5.02 Å². The average molecular weight is 401 g/mol. The van der Waals surface area contributed by atoms with E-state index in [9.17, 15) is 14.4 Å². The molecule has 0 radical (unpaired) electrons. The van der Waals surface area contributed by atoms with E-state index in [0.29, 0.717) is 27.9 Å². The molecule has 1 aromatic heterocycles. The van der Waals surface area contributed by atoms with Crippen molar-refractivity contribution in [3.63, 3.8) is 0 Å². The minimum absolute atomic E-state index is 0.0981. The second-order valence-corrected chi connectivity index (χ2v) is 6.34. The molecule has 0 spiro atoms. The maximum atomic E-state index is 12.6. The van der Waals surface area contributed by atoms with E-state index in [4.69, 9.17) is 21.1 Å². The van der Waals surface area contributed by atoms with Gasteiger partial charge < -0.3 is 14.8 Å². The van der Waals surface area contributed by atoms with Gasteiger partial charge in [-0.15, -0.1) is 0 Å². The minimum Gasteiger partial charge on any atom is -0.454 e. The van der Waals surface area contributed by atoms with E-state index in [-0.39, 0.29) is 6.79 Å². The largest absolute Gasteiger partial charge is 0.454 e. The number of anilines is 1. The molecule has 2 heterocycles. The van der Waals surface area contributed by atoms with Crippen LogP contribution < -0.4 is 26.0 Å². The Bertz CT molecular complexity index is 1200. The van der Waals surface area contributed by atoms with Gasteiger partial charge in [0.25, 0.3) is 11.5 Å². The standard InChI is InChI=1S/C18H13ClN4O5/c1-22-17(25)15(21-23(18(22)26)12-5-2-10(19)3-6-12)16(24)20-11-4-7-13-14(8-11)28-9-27-13/h2-8H,9H2,1H3,(H,20,24). The summed E-state index contributed by atoms with van der Waals surface area (Å²) >= 11 is 5.86. The molecule has 142 valence electrons. The highest BCUT2D eigenvalue weighted by molar-refractivity contribution is 6.30. The van der Waals surface area contributed by atoms with Crippen LogP contribution in [0.5, 0.6) is 11.5 Å². The second-order valence-electron chi connectivity index (χ2n) is 5.91. The van der Waals surface area contributed by atoms with Gasteiger partial charge in [-0.2, -0.15) is 9.78 Å². The summed E-state index contributed by atoms with van der Waals surface area (Å²) in [5, 5.41) is 7.01. The Hall–Kier alpha value is -3.59. The number of hydrogen-bond donors (Lipinski definition) is 1. The topological polar surface area (TPSA) is 104 Å². The van der Waals surface area contributed by atoms with E-state index in [1.54, 1.807) is 42.5 Å².